The van der Waals surface area contributed by atoms with E-state index in [1.165, 1.54) is 18.4 Å². The number of guanidine groups is 1. The molecule has 2 rings (SSSR count). The predicted octanol–water partition coefficient (Wildman–Crippen LogP) is 1.86. The van der Waals surface area contributed by atoms with Crippen LogP contribution in [0.3, 0.4) is 0 Å². The van der Waals surface area contributed by atoms with Gasteiger partial charge in [0.15, 0.2) is 5.96 Å². The van der Waals surface area contributed by atoms with Crippen LogP contribution < -0.4 is 11.1 Å². The van der Waals surface area contributed by atoms with Gasteiger partial charge in [0.25, 0.3) is 0 Å². The van der Waals surface area contributed by atoms with Crippen molar-refractivity contribution < 1.29 is 8.42 Å². The van der Waals surface area contributed by atoms with Crippen LogP contribution in [0, 0.1) is 0 Å². The van der Waals surface area contributed by atoms with Crippen LogP contribution in [-0.4, -0.2) is 32.8 Å². The van der Waals surface area contributed by atoms with Crippen molar-refractivity contribution in [1.82, 2.24) is 4.31 Å². The Morgan fingerprint density at radius 1 is 1.09 bits per heavy atom. The SMILES string of the molecule is CN(C)S(=O)(=O)c1ccc(CN=C(N)Nc2ccccc2)cc1. The fraction of sp³-hybridized carbons (Fsp3) is 0.188. The molecule has 0 saturated carbocycles. The zero-order chi connectivity index (χ0) is 16.9. The molecule has 0 fully saturated rings. The third-order valence-electron chi connectivity index (χ3n) is 3.18. The van der Waals surface area contributed by atoms with Gasteiger partial charge >= 0.3 is 0 Å². The molecule has 0 atom stereocenters. The van der Waals surface area contributed by atoms with Crippen LogP contribution in [0.2, 0.25) is 0 Å². The molecule has 23 heavy (non-hydrogen) atoms. The molecule has 0 amide bonds. The second-order valence-corrected chi connectivity index (χ2v) is 7.28. The van der Waals surface area contributed by atoms with Crippen LogP contribution >= 0.6 is 0 Å². The van der Waals surface area contributed by atoms with Crippen molar-refractivity contribution >= 4 is 21.7 Å². The largest absolute Gasteiger partial charge is 0.370 e. The van der Waals surface area contributed by atoms with Crippen molar-refractivity contribution in [3.05, 3.63) is 60.2 Å². The molecular formula is C16H20N4O2S. The molecule has 2 aromatic rings. The van der Waals surface area contributed by atoms with E-state index in [4.69, 9.17) is 5.73 Å². The van der Waals surface area contributed by atoms with E-state index in [9.17, 15) is 8.42 Å². The highest BCUT2D eigenvalue weighted by atomic mass is 32.2. The van der Waals surface area contributed by atoms with Crippen LogP contribution in [0.15, 0.2) is 64.5 Å². The highest BCUT2D eigenvalue weighted by molar-refractivity contribution is 7.89. The summed E-state index contributed by atoms with van der Waals surface area (Å²) in [6, 6.07) is 16.1. The van der Waals surface area contributed by atoms with Crippen LogP contribution in [-0.2, 0) is 16.6 Å². The van der Waals surface area contributed by atoms with E-state index >= 15 is 0 Å². The Bertz CT molecular complexity index is 769. The first kappa shape index (κ1) is 17.0. The highest BCUT2D eigenvalue weighted by Gasteiger charge is 2.16. The number of nitrogens with zero attached hydrogens (tertiary/aromatic N) is 2. The number of nitrogens with two attached hydrogens (primary N) is 1. The molecule has 0 saturated heterocycles. The predicted molar refractivity (Wildman–Crippen MR) is 92.7 cm³/mol. The third kappa shape index (κ3) is 4.54. The van der Waals surface area contributed by atoms with Gasteiger partial charge in [0.1, 0.15) is 0 Å². The van der Waals surface area contributed by atoms with Crippen molar-refractivity contribution in [2.45, 2.75) is 11.4 Å². The number of rotatable bonds is 5. The number of nitrogens with one attached hydrogen (secondary N) is 1. The van der Waals surface area contributed by atoms with Gasteiger partial charge in [-0.3, -0.25) is 0 Å². The van der Waals surface area contributed by atoms with Gasteiger partial charge in [0.05, 0.1) is 11.4 Å². The average Bonchev–Trinajstić information content (AvgIpc) is 2.54. The summed E-state index contributed by atoms with van der Waals surface area (Å²) in [5, 5.41) is 2.99. The van der Waals surface area contributed by atoms with Gasteiger partial charge in [-0.2, -0.15) is 0 Å². The van der Waals surface area contributed by atoms with E-state index in [0.29, 0.717) is 12.5 Å². The summed E-state index contributed by atoms with van der Waals surface area (Å²) in [5.74, 6) is 0.307. The molecule has 3 N–H and O–H groups in total. The molecule has 122 valence electrons. The van der Waals surface area contributed by atoms with Crippen molar-refractivity contribution in [2.75, 3.05) is 19.4 Å². The molecule has 0 unspecified atom stereocenters. The second-order valence-electron chi connectivity index (χ2n) is 5.12. The number of hydrogen-bond acceptors (Lipinski definition) is 3. The smallest absolute Gasteiger partial charge is 0.242 e. The number of hydrogen-bond donors (Lipinski definition) is 2. The fourth-order valence-corrected chi connectivity index (χ4v) is 2.76. The first-order valence-corrected chi connectivity index (χ1v) is 8.47. The molecule has 0 aliphatic rings. The Labute approximate surface area is 136 Å². The van der Waals surface area contributed by atoms with Crippen LogP contribution in [0.4, 0.5) is 5.69 Å². The highest BCUT2D eigenvalue weighted by Crippen LogP contribution is 2.14. The van der Waals surface area contributed by atoms with Gasteiger partial charge in [-0.25, -0.2) is 17.7 Å². The molecule has 0 heterocycles. The number of para-hydroxylation sites is 1. The van der Waals surface area contributed by atoms with Crippen molar-refractivity contribution in [3.8, 4) is 0 Å². The molecule has 7 heteroatoms. The van der Waals surface area contributed by atoms with E-state index in [1.807, 2.05) is 30.3 Å². The standard InChI is InChI=1S/C16H20N4O2S/c1-20(2)23(21,22)15-10-8-13(9-11-15)12-18-16(17)19-14-6-4-3-5-7-14/h3-11H,12H2,1-2H3,(H3,17,18,19). The lowest BCUT2D eigenvalue weighted by Gasteiger charge is -2.11. The van der Waals surface area contributed by atoms with Crippen molar-refractivity contribution in [1.29, 1.82) is 0 Å². The average molecular weight is 332 g/mol. The maximum atomic E-state index is 12.0. The van der Waals surface area contributed by atoms with E-state index in [2.05, 4.69) is 10.3 Å². The molecule has 0 spiro atoms. The summed E-state index contributed by atoms with van der Waals surface area (Å²) in [6.07, 6.45) is 0. The summed E-state index contributed by atoms with van der Waals surface area (Å²) in [5.41, 5.74) is 7.57. The molecule has 2 aromatic carbocycles. The molecule has 0 aromatic heterocycles. The molecule has 0 bridgehead atoms. The molecule has 0 radical (unpaired) electrons. The Morgan fingerprint density at radius 2 is 1.70 bits per heavy atom. The first-order valence-electron chi connectivity index (χ1n) is 7.03. The normalized spacial score (nSPS) is 12.4. The van der Waals surface area contributed by atoms with Crippen molar-refractivity contribution in [3.63, 3.8) is 0 Å². The van der Waals surface area contributed by atoms with Crippen molar-refractivity contribution in [2.24, 2.45) is 10.7 Å². The number of aliphatic imine (C=N–C) groups is 1. The van der Waals surface area contributed by atoms with Gasteiger partial charge in [-0.15, -0.1) is 0 Å². The van der Waals surface area contributed by atoms with Gasteiger partial charge in [0, 0.05) is 19.8 Å². The number of anilines is 1. The molecule has 6 nitrogen and oxygen atoms in total. The van der Waals surface area contributed by atoms with Gasteiger partial charge in [-0.1, -0.05) is 30.3 Å². The number of sulfonamides is 1. The second kappa shape index (κ2) is 7.26. The van der Waals surface area contributed by atoms with Gasteiger partial charge in [-0.05, 0) is 29.8 Å². The molecule has 0 aliphatic heterocycles. The first-order chi connectivity index (χ1) is 10.9. The quantitative estimate of drug-likeness (QED) is 0.646. The Morgan fingerprint density at radius 3 is 2.26 bits per heavy atom. The Balaban J connectivity index is 2.02. The summed E-state index contributed by atoms with van der Waals surface area (Å²) >= 11 is 0. The summed E-state index contributed by atoms with van der Waals surface area (Å²) in [6.45, 7) is 0.369. The zero-order valence-electron chi connectivity index (χ0n) is 13.1. The molecular weight excluding hydrogens is 312 g/mol. The Hall–Kier alpha value is -2.38. The fourth-order valence-electron chi connectivity index (χ4n) is 1.86. The van der Waals surface area contributed by atoms with Gasteiger partial charge < -0.3 is 11.1 Å². The Kier molecular flexibility index (Phi) is 5.36. The number of benzene rings is 2. The lowest BCUT2D eigenvalue weighted by atomic mass is 10.2. The third-order valence-corrected chi connectivity index (χ3v) is 5.01. The zero-order valence-corrected chi connectivity index (χ0v) is 13.9. The maximum absolute atomic E-state index is 12.0. The lowest BCUT2D eigenvalue weighted by Crippen LogP contribution is -2.22. The van der Waals surface area contributed by atoms with E-state index in [-0.39, 0.29) is 4.90 Å². The topological polar surface area (TPSA) is 87.8 Å². The monoisotopic (exact) mass is 332 g/mol. The summed E-state index contributed by atoms with van der Waals surface area (Å²) in [4.78, 5) is 4.50. The van der Waals surface area contributed by atoms with E-state index in [1.54, 1.807) is 24.3 Å². The minimum absolute atomic E-state index is 0.255. The van der Waals surface area contributed by atoms with Crippen LogP contribution in [0.1, 0.15) is 5.56 Å². The van der Waals surface area contributed by atoms with E-state index in [0.717, 1.165) is 11.3 Å². The van der Waals surface area contributed by atoms with E-state index < -0.39 is 10.0 Å². The molecule has 0 aliphatic carbocycles. The minimum atomic E-state index is -3.41. The summed E-state index contributed by atoms with van der Waals surface area (Å²) in [7, 11) is -0.398. The summed E-state index contributed by atoms with van der Waals surface area (Å²) < 4.78 is 25.1. The van der Waals surface area contributed by atoms with Gasteiger partial charge in [0.2, 0.25) is 10.0 Å². The van der Waals surface area contributed by atoms with Crippen LogP contribution in [0.5, 0.6) is 0 Å². The minimum Gasteiger partial charge on any atom is -0.370 e. The van der Waals surface area contributed by atoms with Crippen LogP contribution in [0.25, 0.3) is 0 Å². The lowest BCUT2D eigenvalue weighted by molar-refractivity contribution is 0.520. The maximum Gasteiger partial charge on any atom is 0.242 e.